The van der Waals surface area contributed by atoms with Crippen molar-refractivity contribution in [3.8, 4) is 5.75 Å². The molecule has 1 N–H and O–H groups in total. The third-order valence-electron chi connectivity index (χ3n) is 2.41. The second kappa shape index (κ2) is 6.34. The molecule has 0 atom stereocenters. The number of rotatable bonds is 6. The number of phenols is 1. The van der Waals surface area contributed by atoms with Gasteiger partial charge < -0.3 is 10.0 Å². The number of phenolic OH excluding ortho intramolecular Hbond substituents is 1. The van der Waals surface area contributed by atoms with Crippen LogP contribution in [0.4, 0.5) is 5.69 Å². The number of aromatic hydroxyl groups is 1. The van der Waals surface area contributed by atoms with Gasteiger partial charge in [-0.1, -0.05) is 12.2 Å². The molecule has 0 bridgehead atoms. The van der Waals surface area contributed by atoms with E-state index >= 15 is 0 Å². The fourth-order valence-corrected chi connectivity index (χ4v) is 1.55. The molecule has 6 nitrogen and oxygen atoms in total. The average Bonchev–Trinajstić information content (AvgIpc) is 2.37. The fraction of sp³-hybridized carbons (Fsp3) is 0.154. The van der Waals surface area contributed by atoms with Gasteiger partial charge in [0.05, 0.1) is 4.92 Å². The number of benzene rings is 1. The number of hydrogen-bond acceptors (Lipinski definition) is 4. The quantitative estimate of drug-likeness (QED) is 0.483. The summed E-state index contributed by atoms with van der Waals surface area (Å²) >= 11 is 0. The van der Waals surface area contributed by atoms with E-state index in [0.717, 1.165) is 12.1 Å². The molecule has 1 amide bonds. The Balaban J connectivity index is 3.04. The van der Waals surface area contributed by atoms with Crippen LogP contribution in [0.3, 0.4) is 0 Å². The maximum absolute atomic E-state index is 12.1. The summed E-state index contributed by atoms with van der Waals surface area (Å²) < 4.78 is 0. The largest absolute Gasteiger partial charge is 0.502 e. The molecular weight excluding hydrogens is 248 g/mol. The molecule has 0 heterocycles. The van der Waals surface area contributed by atoms with E-state index in [1.165, 1.54) is 11.0 Å². The van der Waals surface area contributed by atoms with Crippen molar-refractivity contribution in [3.63, 3.8) is 0 Å². The summed E-state index contributed by atoms with van der Waals surface area (Å²) in [7, 11) is 0. The monoisotopic (exact) mass is 262 g/mol. The summed E-state index contributed by atoms with van der Waals surface area (Å²) in [5, 5.41) is 20.1. The van der Waals surface area contributed by atoms with Crippen LogP contribution in [-0.4, -0.2) is 33.9 Å². The number of hydrogen-bond donors (Lipinski definition) is 1. The fourth-order valence-electron chi connectivity index (χ4n) is 1.55. The zero-order chi connectivity index (χ0) is 14.4. The highest BCUT2D eigenvalue weighted by atomic mass is 16.6. The summed E-state index contributed by atoms with van der Waals surface area (Å²) in [5.41, 5.74) is -0.262. The first-order valence-electron chi connectivity index (χ1n) is 5.49. The summed E-state index contributed by atoms with van der Waals surface area (Å²) in [6, 6.07) is 3.49. The van der Waals surface area contributed by atoms with Gasteiger partial charge in [0.25, 0.3) is 5.91 Å². The SMILES string of the molecule is C=CCN(CC=C)C(=O)c1ccc([N+](=O)[O-])c(O)c1. The number of carbonyl (C=O) groups excluding carboxylic acids is 1. The Hall–Kier alpha value is -2.63. The van der Waals surface area contributed by atoms with Crippen molar-refractivity contribution >= 4 is 11.6 Å². The van der Waals surface area contributed by atoms with Gasteiger partial charge >= 0.3 is 5.69 Å². The van der Waals surface area contributed by atoms with Gasteiger partial charge in [0, 0.05) is 24.7 Å². The van der Waals surface area contributed by atoms with Gasteiger partial charge in [-0.3, -0.25) is 14.9 Å². The summed E-state index contributed by atoms with van der Waals surface area (Å²) in [6.45, 7) is 7.74. The van der Waals surface area contributed by atoms with Gasteiger partial charge in [-0.05, 0) is 12.1 Å². The van der Waals surface area contributed by atoms with Crippen LogP contribution in [-0.2, 0) is 0 Å². The van der Waals surface area contributed by atoms with Gasteiger partial charge in [0.1, 0.15) is 0 Å². The maximum atomic E-state index is 12.1. The summed E-state index contributed by atoms with van der Waals surface area (Å²) in [6.07, 6.45) is 3.12. The molecule has 100 valence electrons. The van der Waals surface area contributed by atoms with E-state index in [-0.39, 0.29) is 11.5 Å². The summed E-state index contributed by atoms with van der Waals surface area (Å²) in [4.78, 5) is 23.4. The van der Waals surface area contributed by atoms with Crippen LogP contribution < -0.4 is 0 Å². The highest BCUT2D eigenvalue weighted by Crippen LogP contribution is 2.26. The molecule has 0 aliphatic carbocycles. The zero-order valence-electron chi connectivity index (χ0n) is 10.3. The van der Waals surface area contributed by atoms with E-state index in [2.05, 4.69) is 13.2 Å². The first-order chi connectivity index (χ1) is 9.01. The van der Waals surface area contributed by atoms with Gasteiger partial charge in [-0.2, -0.15) is 0 Å². The Kier molecular flexibility index (Phi) is 4.82. The molecule has 0 radical (unpaired) electrons. The molecule has 0 aliphatic rings. The van der Waals surface area contributed by atoms with Crippen LogP contribution in [0.5, 0.6) is 5.75 Å². The lowest BCUT2D eigenvalue weighted by Gasteiger charge is -2.19. The topological polar surface area (TPSA) is 83.7 Å². The molecule has 1 rings (SSSR count). The number of nitro benzene ring substituents is 1. The van der Waals surface area contributed by atoms with E-state index in [4.69, 9.17) is 0 Å². The highest BCUT2D eigenvalue weighted by molar-refractivity contribution is 5.95. The maximum Gasteiger partial charge on any atom is 0.310 e. The molecule has 1 aromatic carbocycles. The first-order valence-corrected chi connectivity index (χ1v) is 5.49. The molecule has 0 unspecified atom stereocenters. The van der Waals surface area contributed by atoms with Crippen LogP contribution in [0.15, 0.2) is 43.5 Å². The van der Waals surface area contributed by atoms with Gasteiger partial charge in [0.15, 0.2) is 5.75 Å². The number of amides is 1. The van der Waals surface area contributed by atoms with Crippen molar-refractivity contribution in [2.45, 2.75) is 0 Å². The molecule has 0 saturated heterocycles. The molecule has 0 aromatic heterocycles. The lowest BCUT2D eigenvalue weighted by Crippen LogP contribution is -2.31. The van der Waals surface area contributed by atoms with E-state index < -0.39 is 16.4 Å². The number of nitrogens with zero attached hydrogens (tertiary/aromatic N) is 2. The van der Waals surface area contributed by atoms with E-state index in [0.29, 0.717) is 13.1 Å². The normalized spacial score (nSPS) is 9.68. The Labute approximate surface area is 110 Å². The minimum atomic E-state index is -0.713. The molecule has 19 heavy (non-hydrogen) atoms. The molecule has 0 saturated carbocycles. The second-order valence-electron chi connectivity index (χ2n) is 3.75. The molecule has 0 aliphatic heterocycles. The molecule has 1 aromatic rings. The van der Waals surface area contributed by atoms with Gasteiger partial charge in [0.2, 0.25) is 0 Å². The lowest BCUT2D eigenvalue weighted by molar-refractivity contribution is -0.385. The Morgan fingerprint density at radius 1 is 1.37 bits per heavy atom. The zero-order valence-corrected chi connectivity index (χ0v) is 10.3. The van der Waals surface area contributed by atoms with Crippen molar-refractivity contribution < 1.29 is 14.8 Å². The molecule has 6 heteroatoms. The molecule has 0 fully saturated rings. The van der Waals surface area contributed by atoms with Gasteiger partial charge in [-0.15, -0.1) is 13.2 Å². The lowest BCUT2D eigenvalue weighted by atomic mass is 10.1. The predicted molar refractivity (Wildman–Crippen MR) is 71.1 cm³/mol. The van der Waals surface area contributed by atoms with Crippen LogP contribution in [0.2, 0.25) is 0 Å². The minimum Gasteiger partial charge on any atom is -0.502 e. The van der Waals surface area contributed by atoms with Crippen molar-refractivity contribution in [1.29, 1.82) is 0 Å². The van der Waals surface area contributed by atoms with E-state index in [1.54, 1.807) is 12.2 Å². The van der Waals surface area contributed by atoms with Crippen molar-refractivity contribution in [3.05, 3.63) is 59.2 Å². The highest BCUT2D eigenvalue weighted by Gasteiger charge is 2.18. The van der Waals surface area contributed by atoms with Crippen molar-refractivity contribution in [1.82, 2.24) is 4.90 Å². The first kappa shape index (κ1) is 14.4. The van der Waals surface area contributed by atoms with Crippen LogP contribution in [0, 0.1) is 10.1 Å². The van der Waals surface area contributed by atoms with Gasteiger partial charge in [-0.25, -0.2) is 0 Å². The van der Waals surface area contributed by atoms with Crippen LogP contribution in [0.25, 0.3) is 0 Å². The molecular formula is C13H14N2O4. The molecule has 0 spiro atoms. The average molecular weight is 262 g/mol. The predicted octanol–water partition coefficient (Wildman–Crippen LogP) is 2.11. The Morgan fingerprint density at radius 3 is 2.37 bits per heavy atom. The number of carbonyl (C=O) groups is 1. The Morgan fingerprint density at radius 2 is 1.95 bits per heavy atom. The van der Waals surface area contributed by atoms with Crippen molar-refractivity contribution in [2.75, 3.05) is 13.1 Å². The van der Waals surface area contributed by atoms with Crippen LogP contribution >= 0.6 is 0 Å². The Bertz CT molecular complexity index is 515. The standard InChI is InChI=1S/C13H14N2O4/c1-3-7-14(8-4-2)13(17)10-5-6-11(15(18)19)12(16)9-10/h3-6,9,16H,1-2,7-8H2. The smallest absolute Gasteiger partial charge is 0.310 e. The van der Waals surface area contributed by atoms with Crippen LogP contribution in [0.1, 0.15) is 10.4 Å². The summed E-state index contributed by atoms with van der Waals surface area (Å²) in [5.74, 6) is -0.891. The second-order valence-corrected chi connectivity index (χ2v) is 3.75. The third kappa shape index (κ3) is 3.41. The minimum absolute atomic E-state index is 0.173. The number of nitro groups is 1. The van der Waals surface area contributed by atoms with Crippen molar-refractivity contribution in [2.24, 2.45) is 0 Å². The van der Waals surface area contributed by atoms with E-state index in [9.17, 15) is 20.0 Å². The van der Waals surface area contributed by atoms with E-state index in [1.807, 2.05) is 0 Å². The third-order valence-corrected chi connectivity index (χ3v) is 2.41.